The van der Waals surface area contributed by atoms with E-state index < -0.39 is 0 Å². The average Bonchev–Trinajstić information content (AvgIpc) is 2.35. The van der Waals surface area contributed by atoms with Crippen molar-refractivity contribution < 1.29 is 9.84 Å². The second kappa shape index (κ2) is 7.08. The first kappa shape index (κ1) is 14.6. The van der Waals surface area contributed by atoms with Crippen molar-refractivity contribution in [3.8, 4) is 0 Å². The van der Waals surface area contributed by atoms with Crippen LogP contribution >= 0.6 is 11.8 Å². The molecule has 1 saturated heterocycles. The van der Waals surface area contributed by atoms with Gasteiger partial charge >= 0.3 is 0 Å². The fourth-order valence-electron chi connectivity index (χ4n) is 1.53. The average molecular weight is 261 g/mol. The van der Waals surface area contributed by atoms with E-state index >= 15 is 0 Å². The van der Waals surface area contributed by atoms with Gasteiger partial charge in [-0.15, -0.1) is 0 Å². The van der Waals surface area contributed by atoms with Crippen LogP contribution in [-0.2, 0) is 4.74 Å². The number of nitrogens with two attached hydrogens (primary N) is 1. The van der Waals surface area contributed by atoms with E-state index in [1.807, 2.05) is 25.6 Å². The molecule has 17 heavy (non-hydrogen) atoms. The minimum Gasteiger partial charge on any atom is -0.394 e. The third-order valence-electron chi connectivity index (χ3n) is 2.54. The molecule has 0 bridgehead atoms. The fourth-order valence-corrected chi connectivity index (χ4v) is 2.43. The first-order valence-electron chi connectivity index (χ1n) is 5.92. The molecule has 0 aliphatic carbocycles. The summed E-state index contributed by atoms with van der Waals surface area (Å²) in [5.74, 6) is 2.83. The van der Waals surface area contributed by atoms with Crippen LogP contribution in [0, 0.1) is 0 Å². The number of guanidine groups is 1. The molecule has 0 radical (unpaired) electrons. The molecule has 1 aliphatic heterocycles. The van der Waals surface area contributed by atoms with Gasteiger partial charge in [0.2, 0.25) is 0 Å². The summed E-state index contributed by atoms with van der Waals surface area (Å²) in [5.41, 5.74) is 5.57. The predicted molar refractivity (Wildman–Crippen MR) is 72.5 cm³/mol. The molecule has 0 spiro atoms. The maximum absolute atomic E-state index is 8.71. The monoisotopic (exact) mass is 261 g/mol. The molecule has 3 N–H and O–H groups in total. The number of thioether (sulfide) groups is 1. The van der Waals surface area contributed by atoms with Crippen molar-refractivity contribution in [1.82, 2.24) is 4.90 Å². The summed E-state index contributed by atoms with van der Waals surface area (Å²) in [4.78, 5) is 6.49. The molecular formula is C11H23N3O2S. The molecule has 0 aromatic heterocycles. The summed E-state index contributed by atoms with van der Waals surface area (Å²) in [7, 11) is 0. The maximum atomic E-state index is 8.71. The van der Waals surface area contributed by atoms with Crippen molar-refractivity contribution in [2.75, 3.05) is 44.4 Å². The minimum atomic E-state index is -0.377. The van der Waals surface area contributed by atoms with Gasteiger partial charge in [0, 0.05) is 24.6 Å². The zero-order valence-electron chi connectivity index (χ0n) is 10.7. The van der Waals surface area contributed by atoms with E-state index in [1.54, 1.807) is 0 Å². The van der Waals surface area contributed by atoms with Crippen LogP contribution in [0.5, 0.6) is 0 Å². The van der Waals surface area contributed by atoms with E-state index in [1.165, 1.54) is 0 Å². The molecule has 1 heterocycles. The van der Waals surface area contributed by atoms with Gasteiger partial charge in [-0.3, -0.25) is 4.99 Å². The number of aliphatic imine (C=N–C) groups is 1. The lowest BCUT2D eigenvalue weighted by Crippen LogP contribution is -2.43. The molecule has 0 saturated carbocycles. The molecule has 1 aliphatic rings. The Balaban J connectivity index is 2.39. The third-order valence-corrected chi connectivity index (χ3v) is 3.48. The zero-order chi connectivity index (χ0) is 12.7. The van der Waals surface area contributed by atoms with Crippen LogP contribution in [-0.4, -0.2) is 65.9 Å². The van der Waals surface area contributed by atoms with Crippen LogP contribution in [0.1, 0.15) is 13.8 Å². The lowest BCUT2D eigenvalue weighted by atomic mass is 10.1. The smallest absolute Gasteiger partial charge is 0.191 e. The van der Waals surface area contributed by atoms with Gasteiger partial charge in [0.05, 0.1) is 25.4 Å². The van der Waals surface area contributed by atoms with Crippen molar-refractivity contribution in [2.45, 2.75) is 19.4 Å². The number of nitrogens with zero attached hydrogens (tertiary/aromatic N) is 2. The molecule has 1 rings (SSSR count). The first-order chi connectivity index (χ1) is 8.05. The standard InChI is InChI=1S/C11H23N3O2S/c1-11(2,16-6-5-15)9-13-10(12)14-3-7-17-8-4-14/h15H,3-9H2,1-2H3,(H2,12,13). The molecule has 100 valence electrons. The van der Waals surface area contributed by atoms with Crippen molar-refractivity contribution in [3.63, 3.8) is 0 Å². The highest BCUT2D eigenvalue weighted by atomic mass is 32.2. The summed E-state index contributed by atoms with van der Waals surface area (Å²) in [6.07, 6.45) is 0. The number of ether oxygens (including phenoxy) is 1. The van der Waals surface area contributed by atoms with Crippen LogP contribution < -0.4 is 5.73 Å². The Morgan fingerprint density at radius 3 is 2.71 bits per heavy atom. The Kier molecular flexibility index (Phi) is 6.08. The topological polar surface area (TPSA) is 71.1 Å². The summed E-state index contributed by atoms with van der Waals surface area (Å²) in [6.45, 7) is 6.73. The lowest BCUT2D eigenvalue weighted by molar-refractivity contribution is -0.0262. The van der Waals surface area contributed by atoms with E-state index in [4.69, 9.17) is 15.6 Å². The van der Waals surface area contributed by atoms with Crippen LogP contribution in [0.25, 0.3) is 0 Å². The quantitative estimate of drug-likeness (QED) is 0.544. The van der Waals surface area contributed by atoms with Gasteiger partial charge in [-0.25, -0.2) is 0 Å². The molecule has 0 aromatic rings. The van der Waals surface area contributed by atoms with Gasteiger partial charge in [-0.2, -0.15) is 11.8 Å². The van der Waals surface area contributed by atoms with Gasteiger partial charge in [0.1, 0.15) is 0 Å². The van der Waals surface area contributed by atoms with Crippen LogP contribution in [0.15, 0.2) is 4.99 Å². The van der Waals surface area contributed by atoms with E-state index in [2.05, 4.69) is 9.89 Å². The fraction of sp³-hybridized carbons (Fsp3) is 0.909. The van der Waals surface area contributed by atoms with Gasteiger partial charge in [0.25, 0.3) is 0 Å². The maximum Gasteiger partial charge on any atom is 0.191 e. The zero-order valence-corrected chi connectivity index (χ0v) is 11.5. The van der Waals surface area contributed by atoms with Crippen LogP contribution in [0.2, 0.25) is 0 Å². The van der Waals surface area contributed by atoms with Crippen molar-refractivity contribution in [2.24, 2.45) is 10.7 Å². The van der Waals surface area contributed by atoms with E-state index in [-0.39, 0.29) is 12.2 Å². The Hall–Kier alpha value is -0.460. The molecule has 6 heteroatoms. The third kappa shape index (κ3) is 5.61. The van der Waals surface area contributed by atoms with Crippen LogP contribution in [0.3, 0.4) is 0 Å². The molecular weight excluding hydrogens is 238 g/mol. The number of hydrogen-bond donors (Lipinski definition) is 2. The Bertz CT molecular complexity index is 253. The summed E-state index contributed by atoms with van der Waals surface area (Å²) in [5, 5.41) is 8.71. The van der Waals surface area contributed by atoms with Gasteiger partial charge in [0.15, 0.2) is 5.96 Å². The summed E-state index contributed by atoms with van der Waals surface area (Å²) >= 11 is 1.95. The van der Waals surface area contributed by atoms with Gasteiger partial charge < -0.3 is 20.5 Å². The number of aliphatic hydroxyl groups is 1. The normalized spacial score (nSPS) is 18.5. The van der Waals surface area contributed by atoms with Crippen molar-refractivity contribution >= 4 is 17.7 Å². The van der Waals surface area contributed by atoms with E-state index in [0.29, 0.717) is 19.1 Å². The molecule has 5 nitrogen and oxygen atoms in total. The van der Waals surface area contributed by atoms with Gasteiger partial charge in [-0.05, 0) is 13.8 Å². The van der Waals surface area contributed by atoms with Crippen molar-refractivity contribution in [1.29, 1.82) is 0 Å². The summed E-state index contributed by atoms with van der Waals surface area (Å²) in [6, 6.07) is 0. The minimum absolute atomic E-state index is 0.0337. The Morgan fingerprint density at radius 1 is 1.47 bits per heavy atom. The lowest BCUT2D eigenvalue weighted by Gasteiger charge is -2.28. The summed E-state index contributed by atoms with van der Waals surface area (Å²) < 4.78 is 5.48. The molecule has 0 amide bonds. The largest absolute Gasteiger partial charge is 0.394 e. The van der Waals surface area contributed by atoms with Crippen LogP contribution in [0.4, 0.5) is 0 Å². The highest BCUT2D eigenvalue weighted by Gasteiger charge is 2.19. The molecule has 0 aromatic carbocycles. The second-order valence-electron chi connectivity index (χ2n) is 4.61. The molecule has 1 fully saturated rings. The number of aliphatic hydroxyl groups excluding tert-OH is 1. The number of hydrogen-bond acceptors (Lipinski definition) is 4. The highest BCUT2D eigenvalue weighted by molar-refractivity contribution is 7.99. The first-order valence-corrected chi connectivity index (χ1v) is 7.08. The van der Waals surface area contributed by atoms with Gasteiger partial charge in [-0.1, -0.05) is 0 Å². The highest BCUT2D eigenvalue weighted by Crippen LogP contribution is 2.11. The molecule has 0 atom stereocenters. The van der Waals surface area contributed by atoms with E-state index in [9.17, 15) is 0 Å². The Morgan fingerprint density at radius 2 is 2.12 bits per heavy atom. The van der Waals surface area contributed by atoms with Crippen molar-refractivity contribution in [3.05, 3.63) is 0 Å². The van der Waals surface area contributed by atoms with E-state index in [0.717, 1.165) is 24.6 Å². The second-order valence-corrected chi connectivity index (χ2v) is 5.83. The SMILES string of the molecule is CC(C)(CN=C(N)N1CCSCC1)OCCO. The Labute approximate surface area is 107 Å². The predicted octanol–water partition coefficient (Wildman–Crippen LogP) is 0.137. The molecule has 0 unspecified atom stereocenters. The number of rotatable bonds is 5.